The largest absolute Gasteiger partial charge is 0.494 e. The maximum atomic E-state index is 13.6. The Morgan fingerprint density at radius 1 is 0.750 bits per heavy atom. The van der Waals surface area contributed by atoms with Gasteiger partial charge in [-0.1, -0.05) is 72.8 Å². The highest BCUT2D eigenvalue weighted by atomic mass is 32.2. The molecule has 0 aliphatic heterocycles. The molecule has 3 N–H and O–H groups in total. The molecule has 242 valence electrons. The van der Waals surface area contributed by atoms with E-state index in [-0.39, 0.29) is 11.6 Å². The second kappa shape index (κ2) is 16.3. The molecule has 0 saturated heterocycles. The van der Waals surface area contributed by atoms with Gasteiger partial charge >= 0.3 is 0 Å². The Bertz CT molecular complexity index is 1890. The lowest BCUT2D eigenvalue weighted by molar-refractivity contribution is -0.116. The van der Waals surface area contributed by atoms with Gasteiger partial charge in [0.05, 0.1) is 6.61 Å². The Labute approximate surface area is 285 Å². The van der Waals surface area contributed by atoms with Gasteiger partial charge in [-0.2, -0.15) is 0 Å². The van der Waals surface area contributed by atoms with Gasteiger partial charge in [0.1, 0.15) is 16.7 Å². The molecule has 0 aliphatic rings. The summed E-state index contributed by atoms with van der Waals surface area (Å²) in [4.78, 5) is 41.0. The number of aryl methyl sites for hydroxylation is 1. The van der Waals surface area contributed by atoms with Crippen molar-refractivity contribution in [1.29, 1.82) is 0 Å². The molecule has 5 aromatic rings. The van der Waals surface area contributed by atoms with Gasteiger partial charge in [-0.25, -0.2) is 0 Å². The number of benzene rings is 5. The smallest absolute Gasteiger partial charge is 0.272 e. The number of carbonyl (C=O) groups is 3. The zero-order chi connectivity index (χ0) is 33.9. The summed E-state index contributed by atoms with van der Waals surface area (Å²) >= 11 is 1.42. The molecule has 0 fully saturated rings. The van der Waals surface area contributed by atoms with Crippen molar-refractivity contribution in [2.24, 2.45) is 0 Å². The third kappa shape index (κ3) is 9.02. The van der Waals surface area contributed by atoms with Crippen LogP contribution >= 0.6 is 11.8 Å². The van der Waals surface area contributed by atoms with E-state index in [2.05, 4.69) is 16.0 Å². The third-order valence-corrected chi connectivity index (χ3v) is 8.87. The predicted octanol–water partition coefficient (Wildman–Crippen LogP) is 8.58. The first kappa shape index (κ1) is 33.8. The van der Waals surface area contributed by atoms with Crippen LogP contribution in [0.15, 0.2) is 138 Å². The van der Waals surface area contributed by atoms with Crippen LogP contribution in [0.1, 0.15) is 44.8 Å². The fourth-order valence-corrected chi connectivity index (χ4v) is 5.90. The van der Waals surface area contributed by atoms with Crippen LogP contribution in [0, 0.1) is 13.8 Å². The van der Waals surface area contributed by atoms with Gasteiger partial charge < -0.3 is 20.7 Å². The van der Waals surface area contributed by atoms with Crippen LogP contribution in [0.3, 0.4) is 0 Å². The number of ether oxygens (including phenoxy) is 1. The van der Waals surface area contributed by atoms with Gasteiger partial charge in [-0.05, 0) is 104 Å². The van der Waals surface area contributed by atoms with E-state index in [1.807, 2.05) is 112 Å². The summed E-state index contributed by atoms with van der Waals surface area (Å²) in [5.41, 5.74) is 5.55. The van der Waals surface area contributed by atoms with Gasteiger partial charge in [0.2, 0.25) is 5.91 Å². The van der Waals surface area contributed by atoms with Crippen LogP contribution in [0.25, 0.3) is 6.08 Å². The summed E-state index contributed by atoms with van der Waals surface area (Å²) in [7, 11) is 0. The summed E-state index contributed by atoms with van der Waals surface area (Å²) < 4.78 is 5.53. The van der Waals surface area contributed by atoms with Crippen molar-refractivity contribution in [2.75, 3.05) is 17.2 Å². The van der Waals surface area contributed by atoms with Gasteiger partial charge in [-0.15, -0.1) is 11.8 Å². The Hall–Kier alpha value is -5.60. The Morgan fingerprint density at radius 2 is 1.42 bits per heavy atom. The molecule has 5 rings (SSSR count). The first-order chi connectivity index (χ1) is 23.3. The van der Waals surface area contributed by atoms with Crippen molar-refractivity contribution < 1.29 is 19.1 Å². The molecule has 0 heterocycles. The Morgan fingerprint density at radius 3 is 2.08 bits per heavy atom. The number of amides is 3. The van der Waals surface area contributed by atoms with Crippen molar-refractivity contribution in [2.45, 2.75) is 30.9 Å². The molecule has 5 aromatic carbocycles. The molecule has 0 aliphatic carbocycles. The molecule has 0 radical (unpaired) electrons. The second-order valence-corrected chi connectivity index (χ2v) is 12.2. The number of carbonyl (C=O) groups excluding carboxylic acids is 3. The number of hydrogen-bond donors (Lipinski definition) is 3. The molecular formula is C40H37N3O4S. The number of nitrogens with one attached hydrogen (secondary N) is 3. The molecule has 0 saturated carbocycles. The summed E-state index contributed by atoms with van der Waals surface area (Å²) in [6.07, 6.45) is 1.62. The first-order valence-corrected chi connectivity index (χ1v) is 16.5. The molecule has 0 aromatic heterocycles. The van der Waals surface area contributed by atoms with E-state index in [0.717, 1.165) is 32.8 Å². The fourth-order valence-electron chi connectivity index (χ4n) is 4.87. The van der Waals surface area contributed by atoms with E-state index in [1.54, 1.807) is 42.5 Å². The molecule has 1 atom stereocenters. The Kier molecular flexibility index (Phi) is 11.5. The van der Waals surface area contributed by atoms with E-state index >= 15 is 0 Å². The van der Waals surface area contributed by atoms with Crippen LogP contribution in [-0.4, -0.2) is 24.3 Å². The molecule has 1 unspecified atom stereocenters. The van der Waals surface area contributed by atoms with Gasteiger partial charge in [0, 0.05) is 21.8 Å². The standard InChI is InChI=1S/C40H37N3O4S/c1-4-47-33-22-18-29(19-23-33)26-36(43-38(44)31-15-9-6-10-16-31)39(45)41-32-20-24-34(25-21-32)48-37(30-13-7-5-8-14-30)40(46)42-35-17-11-12-27(2)28(35)3/h5-26,37H,4H2,1-3H3,(H,41,45)(H,42,46)(H,43,44)/b36-26-. The van der Waals surface area contributed by atoms with E-state index < -0.39 is 17.1 Å². The maximum Gasteiger partial charge on any atom is 0.272 e. The number of rotatable bonds is 12. The highest BCUT2D eigenvalue weighted by Gasteiger charge is 2.23. The molecule has 0 spiro atoms. The van der Waals surface area contributed by atoms with Crippen molar-refractivity contribution in [3.05, 3.63) is 161 Å². The average molecular weight is 656 g/mol. The lowest BCUT2D eigenvalue weighted by Gasteiger charge is -2.19. The van der Waals surface area contributed by atoms with Crippen LogP contribution < -0.4 is 20.7 Å². The number of hydrogen-bond acceptors (Lipinski definition) is 5. The molecular weight excluding hydrogens is 619 g/mol. The van der Waals surface area contributed by atoms with Crippen LogP contribution in [-0.2, 0) is 9.59 Å². The summed E-state index contributed by atoms with van der Waals surface area (Å²) in [6, 6.07) is 38.7. The van der Waals surface area contributed by atoms with Crippen molar-refractivity contribution in [3.63, 3.8) is 0 Å². The van der Waals surface area contributed by atoms with Gasteiger partial charge in [0.25, 0.3) is 11.8 Å². The highest BCUT2D eigenvalue weighted by Crippen LogP contribution is 2.37. The minimum absolute atomic E-state index is 0.0821. The quantitative estimate of drug-likeness (QED) is 0.0924. The molecule has 48 heavy (non-hydrogen) atoms. The van der Waals surface area contributed by atoms with Crippen molar-refractivity contribution in [1.82, 2.24) is 5.32 Å². The van der Waals surface area contributed by atoms with Crippen LogP contribution in [0.5, 0.6) is 5.75 Å². The fraction of sp³-hybridized carbons (Fsp3) is 0.125. The second-order valence-electron chi connectivity index (χ2n) is 11.0. The monoisotopic (exact) mass is 655 g/mol. The van der Waals surface area contributed by atoms with Crippen LogP contribution in [0.4, 0.5) is 11.4 Å². The van der Waals surface area contributed by atoms with E-state index in [1.165, 1.54) is 11.8 Å². The minimum atomic E-state index is -0.511. The topological polar surface area (TPSA) is 96.5 Å². The third-order valence-electron chi connectivity index (χ3n) is 7.60. The Balaban J connectivity index is 1.33. The summed E-state index contributed by atoms with van der Waals surface area (Å²) in [5, 5.41) is 8.26. The SMILES string of the molecule is CCOc1ccc(/C=C(\NC(=O)c2ccccc2)C(=O)Nc2ccc(SC(C(=O)Nc3cccc(C)c3C)c3ccccc3)cc2)cc1. The van der Waals surface area contributed by atoms with E-state index in [4.69, 9.17) is 4.74 Å². The van der Waals surface area contributed by atoms with E-state index in [9.17, 15) is 14.4 Å². The van der Waals surface area contributed by atoms with Crippen LogP contribution in [0.2, 0.25) is 0 Å². The normalized spacial score (nSPS) is 11.7. The molecule has 8 heteroatoms. The first-order valence-electron chi connectivity index (χ1n) is 15.6. The predicted molar refractivity (Wildman–Crippen MR) is 194 cm³/mol. The minimum Gasteiger partial charge on any atom is -0.494 e. The number of thioether (sulfide) groups is 1. The lowest BCUT2D eigenvalue weighted by Crippen LogP contribution is -2.30. The van der Waals surface area contributed by atoms with Crippen molar-refractivity contribution in [3.8, 4) is 5.75 Å². The summed E-state index contributed by atoms with van der Waals surface area (Å²) in [6.45, 7) is 6.46. The molecule has 0 bridgehead atoms. The lowest BCUT2D eigenvalue weighted by atomic mass is 10.1. The zero-order valence-electron chi connectivity index (χ0n) is 27.0. The molecule has 3 amide bonds. The summed E-state index contributed by atoms with van der Waals surface area (Å²) in [5.74, 6) is -0.302. The van der Waals surface area contributed by atoms with Gasteiger partial charge in [0.15, 0.2) is 0 Å². The zero-order valence-corrected chi connectivity index (χ0v) is 27.8. The van der Waals surface area contributed by atoms with Crippen molar-refractivity contribution >= 4 is 46.9 Å². The van der Waals surface area contributed by atoms with E-state index in [0.29, 0.717) is 23.6 Å². The highest BCUT2D eigenvalue weighted by molar-refractivity contribution is 8.00. The average Bonchev–Trinajstić information content (AvgIpc) is 3.11. The number of anilines is 2. The molecule has 7 nitrogen and oxygen atoms in total. The van der Waals surface area contributed by atoms with Gasteiger partial charge in [-0.3, -0.25) is 14.4 Å². The maximum absolute atomic E-state index is 13.6.